The summed E-state index contributed by atoms with van der Waals surface area (Å²) < 4.78 is 24.3. The third-order valence-electron chi connectivity index (χ3n) is 7.91. The number of nitrogens with zero attached hydrogens (tertiary/aromatic N) is 2. The second-order valence-electron chi connectivity index (χ2n) is 11.5. The van der Waals surface area contributed by atoms with Gasteiger partial charge in [-0.25, -0.2) is 9.07 Å². The minimum Gasteiger partial charge on any atom is -0.377 e. The van der Waals surface area contributed by atoms with Crippen LogP contribution in [0, 0.1) is 11.2 Å². The predicted molar refractivity (Wildman–Crippen MR) is 149 cm³/mol. The number of aryl methyl sites for hydroxylation is 1. The molecule has 206 valence electrons. The first-order valence-electron chi connectivity index (χ1n) is 13.9. The van der Waals surface area contributed by atoms with Gasteiger partial charge >= 0.3 is 0 Å². The van der Waals surface area contributed by atoms with Crippen molar-refractivity contribution in [2.75, 3.05) is 5.32 Å². The Morgan fingerprint density at radius 1 is 1.15 bits per heavy atom. The Bertz CT molecular complexity index is 1380. The summed E-state index contributed by atoms with van der Waals surface area (Å²) in [6, 6.07) is 12.8. The molecule has 0 radical (unpaired) electrons. The molecule has 39 heavy (non-hydrogen) atoms. The molecule has 7 nitrogen and oxygen atoms in total. The van der Waals surface area contributed by atoms with Crippen molar-refractivity contribution in [3.63, 3.8) is 0 Å². The van der Waals surface area contributed by atoms with Crippen molar-refractivity contribution in [1.29, 1.82) is 0 Å². The predicted octanol–water partition coefficient (Wildman–Crippen LogP) is 5.77. The number of anilines is 1. The van der Waals surface area contributed by atoms with E-state index in [4.69, 9.17) is 10.5 Å². The normalized spacial score (nSPS) is 20.5. The van der Waals surface area contributed by atoms with Crippen LogP contribution < -0.4 is 11.1 Å². The van der Waals surface area contributed by atoms with E-state index in [9.17, 15) is 9.59 Å². The Kier molecular flexibility index (Phi) is 7.58. The van der Waals surface area contributed by atoms with Gasteiger partial charge in [0, 0.05) is 6.42 Å². The van der Waals surface area contributed by atoms with Gasteiger partial charge in [-0.1, -0.05) is 63.9 Å². The summed E-state index contributed by atoms with van der Waals surface area (Å²) in [5, 5.41) is 8.00. The van der Waals surface area contributed by atoms with E-state index in [2.05, 4.69) is 10.4 Å². The number of rotatable bonds is 8. The number of fused-ring (bicyclic) bond motifs is 1. The number of benzene rings is 2. The van der Waals surface area contributed by atoms with E-state index in [-0.39, 0.29) is 40.3 Å². The molecule has 0 spiro atoms. The zero-order valence-electron chi connectivity index (χ0n) is 22.9. The summed E-state index contributed by atoms with van der Waals surface area (Å²) in [5.41, 5.74) is 8.82. The highest BCUT2D eigenvalue weighted by Crippen LogP contribution is 2.39. The zero-order chi connectivity index (χ0) is 27.7. The molecule has 1 aromatic heterocycles. The van der Waals surface area contributed by atoms with Crippen LogP contribution >= 0.6 is 0 Å². The van der Waals surface area contributed by atoms with Crippen LogP contribution in [-0.4, -0.2) is 33.6 Å². The van der Waals surface area contributed by atoms with Crippen LogP contribution in [0.15, 0.2) is 42.5 Å². The summed E-state index contributed by atoms with van der Waals surface area (Å²) in [6.45, 7) is 6.47. The molecule has 0 saturated heterocycles. The molecule has 1 heterocycles. The van der Waals surface area contributed by atoms with Gasteiger partial charge in [0.2, 0.25) is 0 Å². The number of carbonyl (C=O) groups is 2. The van der Waals surface area contributed by atoms with Crippen molar-refractivity contribution in [3.05, 3.63) is 76.4 Å². The molecular weight excluding hydrogens is 495 g/mol. The van der Waals surface area contributed by atoms with Gasteiger partial charge in [-0.15, -0.1) is 0 Å². The molecule has 2 aromatic carbocycles. The Hall–Kier alpha value is -3.52. The maximum absolute atomic E-state index is 16.4. The first-order valence-corrected chi connectivity index (χ1v) is 13.9. The van der Waals surface area contributed by atoms with Crippen LogP contribution in [0.3, 0.4) is 0 Å². The van der Waals surface area contributed by atoms with Gasteiger partial charge < -0.3 is 15.8 Å². The lowest BCUT2D eigenvalue weighted by Gasteiger charge is -2.33. The molecule has 3 N–H and O–H groups in total. The summed E-state index contributed by atoms with van der Waals surface area (Å²) in [7, 11) is 0. The van der Waals surface area contributed by atoms with Crippen molar-refractivity contribution in [2.45, 2.75) is 84.5 Å². The van der Waals surface area contributed by atoms with Gasteiger partial charge in [0.05, 0.1) is 47.0 Å². The van der Waals surface area contributed by atoms with Crippen LogP contribution in [0.5, 0.6) is 0 Å². The first-order chi connectivity index (χ1) is 18.7. The average molecular weight is 533 g/mol. The highest BCUT2D eigenvalue weighted by atomic mass is 19.1. The summed E-state index contributed by atoms with van der Waals surface area (Å²) in [6.07, 6.45) is 5.05. The van der Waals surface area contributed by atoms with Crippen LogP contribution in [0.25, 0.3) is 5.69 Å². The fraction of sp³-hybridized carbons (Fsp3) is 0.452. The molecule has 0 bridgehead atoms. The number of nitrogens with two attached hydrogens (primary N) is 1. The number of carbonyl (C=O) groups excluding carboxylic acids is 2. The second-order valence-corrected chi connectivity index (χ2v) is 11.5. The van der Waals surface area contributed by atoms with Gasteiger partial charge in [0.1, 0.15) is 5.69 Å². The second kappa shape index (κ2) is 10.9. The van der Waals surface area contributed by atoms with Crippen molar-refractivity contribution in [2.24, 2.45) is 11.1 Å². The number of amides is 1. The molecule has 0 aliphatic heterocycles. The number of nitrogens with one attached hydrogen (secondary N) is 1. The quantitative estimate of drug-likeness (QED) is 0.384. The zero-order valence-corrected chi connectivity index (χ0v) is 22.9. The van der Waals surface area contributed by atoms with Crippen LogP contribution in [-0.2, 0) is 24.2 Å². The standard InChI is InChI=1S/C31H37FN4O3/c1-4-21-27-24(16-31(2,3)17-25(27)37)36(35-21)23-15-14-20(30(33)38)29(28(23)32)34-22-12-8-9-13-26(22)39-18-19-10-6-5-7-11-19/h5-7,10-11,14-15,22,26,34H,4,8-9,12-13,16-18H2,1-3H3,(H2,33,38). The minimum absolute atomic E-state index is 0.0393. The Morgan fingerprint density at radius 3 is 2.62 bits per heavy atom. The molecule has 5 rings (SSSR count). The maximum atomic E-state index is 16.4. The Labute approximate surface area is 228 Å². The van der Waals surface area contributed by atoms with Gasteiger partial charge in [-0.2, -0.15) is 5.10 Å². The first kappa shape index (κ1) is 27.1. The van der Waals surface area contributed by atoms with Crippen molar-refractivity contribution < 1.29 is 18.7 Å². The van der Waals surface area contributed by atoms with Gasteiger partial charge in [0.15, 0.2) is 11.6 Å². The summed E-state index contributed by atoms with van der Waals surface area (Å²) >= 11 is 0. The fourth-order valence-electron chi connectivity index (χ4n) is 5.97. The van der Waals surface area contributed by atoms with Crippen LogP contribution in [0.1, 0.15) is 90.5 Å². The minimum atomic E-state index is -0.714. The smallest absolute Gasteiger partial charge is 0.250 e. The van der Waals surface area contributed by atoms with E-state index in [1.54, 1.807) is 10.7 Å². The van der Waals surface area contributed by atoms with Gasteiger partial charge in [-0.3, -0.25) is 9.59 Å². The van der Waals surface area contributed by atoms with E-state index < -0.39 is 11.7 Å². The van der Waals surface area contributed by atoms with Crippen molar-refractivity contribution in [1.82, 2.24) is 9.78 Å². The maximum Gasteiger partial charge on any atom is 0.250 e. The van der Waals surface area contributed by atoms with E-state index >= 15 is 4.39 Å². The third kappa shape index (κ3) is 5.48. The molecule has 3 aromatic rings. The number of hydrogen-bond acceptors (Lipinski definition) is 5. The fourth-order valence-corrected chi connectivity index (χ4v) is 5.97. The topological polar surface area (TPSA) is 99.2 Å². The number of primary amides is 1. The van der Waals surface area contributed by atoms with E-state index in [0.717, 1.165) is 31.2 Å². The molecule has 2 atom stereocenters. The van der Waals surface area contributed by atoms with Crippen molar-refractivity contribution in [3.8, 4) is 5.69 Å². The van der Waals surface area contributed by atoms with Gasteiger partial charge in [-0.05, 0) is 48.8 Å². The van der Waals surface area contributed by atoms with Crippen molar-refractivity contribution >= 4 is 17.4 Å². The number of halogens is 1. The molecule has 2 aliphatic rings. The lowest BCUT2D eigenvalue weighted by Crippen LogP contribution is -2.39. The molecule has 8 heteroatoms. The van der Waals surface area contributed by atoms with Crippen LogP contribution in [0.2, 0.25) is 0 Å². The average Bonchev–Trinajstić information content (AvgIpc) is 3.27. The molecule has 2 unspecified atom stereocenters. The number of Topliss-reactive ketones (excluding diaryl/α,β-unsaturated/α-hetero) is 1. The number of ketones is 1. The van der Waals surface area contributed by atoms with Gasteiger partial charge in [0.25, 0.3) is 5.91 Å². The van der Waals surface area contributed by atoms with E-state index in [1.807, 2.05) is 51.1 Å². The third-order valence-corrected chi connectivity index (χ3v) is 7.91. The highest BCUT2D eigenvalue weighted by Gasteiger charge is 2.37. The number of ether oxygens (including phenoxy) is 1. The molecule has 1 fully saturated rings. The number of aromatic nitrogens is 2. The van der Waals surface area contributed by atoms with E-state index in [0.29, 0.717) is 42.8 Å². The monoisotopic (exact) mass is 532 g/mol. The summed E-state index contributed by atoms with van der Waals surface area (Å²) in [5.74, 6) is -1.28. The lowest BCUT2D eigenvalue weighted by molar-refractivity contribution is 0.00875. The SMILES string of the molecule is CCc1nn(-c2ccc(C(N)=O)c(NC3CCCCC3OCc3ccccc3)c2F)c2c1C(=O)CC(C)(C)C2. The number of hydrogen-bond donors (Lipinski definition) is 2. The van der Waals surface area contributed by atoms with E-state index in [1.165, 1.54) is 6.07 Å². The Morgan fingerprint density at radius 2 is 1.90 bits per heavy atom. The van der Waals surface area contributed by atoms with Crippen LogP contribution in [0.4, 0.5) is 10.1 Å². The lowest BCUT2D eigenvalue weighted by atomic mass is 9.75. The molecule has 1 amide bonds. The highest BCUT2D eigenvalue weighted by molar-refractivity contribution is 6.00. The molecular formula is C31H37FN4O3. The molecule has 2 aliphatic carbocycles. The molecule has 1 saturated carbocycles. The Balaban J connectivity index is 1.51. The summed E-state index contributed by atoms with van der Waals surface area (Å²) in [4.78, 5) is 25.4. The largest absolute Gasteiger partial charge is 0.377 e.